The Labute approximate surface area is 132 Å². The van der Waals surface area contributed by atoms with Crippen LogP contribution >= 0.6 is 11.3 Å². The third kappa shape index (κ3) is 2.65. The molecule has 0 spiro atoms. The lowest BCUT2D eigenvalue weighted by Crippen LogP contribution is -2.01. The van der Waals surface area contributed by atoms with Gasteiger partial charge in [0.25, 0.3) is 0 Å². The van der Waals surface area contributed by atoms with Crippen molar-refractivity contribution in [3.05, 3.63) is 46.6 Å². The molecule has 1 aromatic carbocycles. The molecule has 6 heteroatoms. The van der Waals surface area contributed by atoms with Gasteiger partial charge < -0.3 is 5.11 Å². The zero-order chi connectivity index (χ0) is 15.7. The minimum atomic E-state index is 0.242. The summed E-state index contributed by atoms with van der Waals surface area (Å²) < 4.78 is 0. The zero-order valence-corrected chi connectivity index (χ0v) is 13.4. The molecular formula is C16H16N4OS. The van der Waals surface area contributed by atoms with Crippen molar-refractivity contribution in [1.82, 2.24) is 9.97 Å². The minimum Gasteiger partial charge on any atom is -0.508 e. The highest BCUT2D eigenvalue weighted by molar-refractivity contribution is 7.18. The van der Waals surface area contributed by atoms with E-state index in [2.05, 4.69) is 34.3 Å². The molecule has 0 radical (unpaired) electrons. The van der Waals surface area contributed by atoms with E-state index in [1.165, 1.54) is 10.4 Å². The smallest absolute Gasteiger partial charge is 0.158 e. The average molecular weight is 312 g/mol. The third-order valence-electron chi connectivity index (χ3n) is 3.58. The Hall–Kier alpha value is -2.47. The van der Waals surface area contributed by atoms with Crippen LogP contribution in [0.4, 0.5) is 5.82 Å². The second kappa shape index (κ2) is 5.73. The number of phenolic OH excluding ortho intramolecular Hbond substituents is 1. The van der Waals surface area contributed by atoms with Crippen LogP contribution in [0.1, 0.15) is 22.9 Å². The van der Waals surface area contributed by atoms with Crippen molar-refractivity contribution < 1.29 is 5.11 Å². The fourth-order valence-electron chi connectivity index (χ4n) is 2.17. The van der Waals surface area contributed by atoms with Crippen LogP contribution in [-0.2, 0) is 0 Å². The van der Waals surface area contributed by atoms with Crippen molar-refractivity contribution in [3.63, 3.8) is 0 Å². The van der Waals surface area contributed by atoms with Gasteiger partial charge >= 0.3 is 0 Å². The van der Waals surface area contributed by atoms with Crippen molar-refractivity contribution in [3.8, 4) is 5.75 Å². The van der Waals surface area contributed by atoms with Gasteiger partial charge in [0.2, 0.25) is 0 Å². The van der Waals surface area contributed by atoms with Gasteiger partial charge in [-0.25, -0.2) is 9.97 Å². The number of aromatic hydroxyl groups is 1. The predicted molar refractivity (Wildman–Crippen MR) is 90.8 cm³/mol. The molecule has 5 nitrogen and oxygen atoms in total. The van der Waals surface area contributed by atoms with E-state index in [0.29, 0.717) is 5.82 Å². The summed E-state index contributed by atoms with van der Waals surface area (Å²) >= 11 is 1.66. The number of phenols is 1. The summed E-state index contributed by atoms with van der Waals surface area (Å²) in [4.78, 5) is 10.8. The molecular weight excluding hydrogens is 296 g/mol. The Morgan fingerprint density at radius 1 is 1.18 bits per heavy atom. The first-order valence-corrected chi connectivity index (χ1v) is 7.68. The van der Waals surface area contributed by atoms with E-state index in [1.54, 1.807) is 29.8 Å². The van der Waals surface area contributed by atoms with Gasteiger partial charge in [-0.3, -0.25) is 5.43 Å². The average Bonchev–Trinajstić information content (AvgIpc) is 2.81. The van der Waals surface area contributed by atoms with Crippen molar-refractivity contribution in [1.29, 1.82) is 0 Å². The maximum atomic E-state index is 9.33. The molecule has 2 N–H and O–H groups in total. The molecule has 112 valence electrons. The standard InChI is InChI=1S/C16H16N4OS/c1-9-11(3)22-16-14(9)15(17-8-18-16)20-19-10(2)12-4-6-13(21)7-5-12/h4-8,21H,1-3H3,(H,17,18,20)/b19-10+. The number of rotatable bonds is 3. The van der Waals surface area contributed by atoms with E-state index in [4.69, 9.17) is 0 Å². The fraction of sp³-hybridized carbons (Fsp3) is 0.188. The van der Waals surface area contributed by atoms with Gasteiger partial charge in [-0.15, -0.1) is 11.3 Å². The number of thiophene rings is 1. The number of hydrazone groups is 1. The van der Waals surface area contributed by atoms with Crippen LogP contribution in [0.2, 0.25) is 0 Å². The number of benzene rings is 1. The number of fused-ring (bicyclic) bond motifs is 1. The first-order valence-electron chi connectivity index (χ1n) is 6.86. The summed E-state index contributed by atoms with van der Waals surface area (Å²) in [5.41, 5.74) is 5.97. The minimum absolute atomic E-state index is 0.242. The zero-order valence-electron chi connectivity index (χ0n) is 12.6. The molecule has 2 heterocycles. The van der Waals surface area contributed by atoms with Gasteiger partial charge in [-0.1, -0.05) is 0 Å². The maximum absolute atomic E-state index is 9.33. The van der Waals surface area contributed by atoms with E-state index >= 15 is 0 Å². The molecule has 0 aliphatic carbocycles. The highest BCUT2D eigenvalue weighted by atomic mass is 32.1. The number of aryl methyl sites for hydroxylation is 2. The lowest BCUT2D eigenvalue weighted by atomic mass is 10.1. The molecule has 3 aromatic rings. The monoisotopic (exact) mass is 312 g/mol. The van der Waals surface area contributed by atoms with Crippen molar-refractivity contribution in [2.45, 2.75) is 20.8 Å². The maximum Gasteiger partial charge on any atom is 0.158 e. The molecule has 0 saturated heterocycles. The van der Waals surface area contributed by atoms with Crippen LogP contribution in [0, 0.1) is 13.8 Å². The fourth-order valence-corrected chi connectivity index (χ4v) is 3.17. The first-order chi connectivity index (χ1) is 10.6. The summed E-state index contributed by atoms with van der Waals surface area (Å²) in [6.45, 7) is 6.05. The van der Waals surface area contributed by atoms with E-state index in [1.807, 2.05) is 19.1 Å². The number of nitrogens with one attached hydrogen (secondary N) is 1. The van der Waals surface area contributed by atoms with Crippen LogP contribution in [0.15, 0.2) is 35.7 Å². The molecule has 0 amide bonds. The van der Waals surface area contributed by atoms with Gasteiger partial charge in [0.15, 0.2) is 5.82 Å². The third-order valence-corrected chi connectivity index (χ3v) is 4.70. The van der Waals surface area contributed by atoms with Gasteiger partial charge in [0.05, 0.1) is 11.1 Å². The van der Waals surface area contributed by atoms with Crippen LogP contribution in [0.3, 0.4) is 0 Å². The molecule has 3 rings (SSSR count). The molecule has 0 unspecified atom stereocenters. The number of anilines is 1. The number of hydrogen-bond acceptors (Lipinski definition) is 6. The van der Waals surface area contributed by atoms with Crippen LogP contribution < -0.4 is 5.43 Å². The lowest BCUT2D eigenvalue weighted by Gasteiger charge is -2.05. The highest BCUT2D eigenvalue weighted by Crippen LogP contribution is 2.32. The van der Waals surface area contributed by atoms with E-state index in [0.717, 1.165) is 21.5 Å². The van der Waals surface area contributed by atoms with E-state index in [-0.39, 0.29) is 5.75 Å². The number of aromatic nitrogens is 2. The molecule has 0 saturated carbocycles. The molecule has 0 aliphatic rings. The highest BCUT2D eigenvalue weighted by Gasteiger charge is 2.11. The molecule has 22 heavy (non-hydrogen) atoms. The lowest BCUT2D eigenvalue weighted by molar-refractivity contribution is 0.475. The van der Waals surface area contributed by atoms with E-state index < -0.39 is 0 Å². The molecule has 0 bridgehead atoms. The van der Waals surface area contributed by atoms with Gasteiger partial charge in [-0.05, 0) is 56.2 Å². The molecule has 0 atom stereocenters. The van der Waals surface area contributed by atoms with Crippen LogP contribution in [-0.4, -0.2) is 20.8 Å². The summed E-state index contributed by atoms with van der Waals surface area (Å²) in [5, 5.41) is 14.7. The Balaban J connectivity index is 1.93. The van der Waals surface area contributed by atoms with Gasteiger partial charge in [0, 0.05) is 4.88 Å². The Morgan fingerprint density at radius 3 is 2.64 bits per heavy atom. The summed E-state index contributed by atoms with van der Waals surface area (Å²) in [5.74, 6) is 0.955. The summed E-state index contributed by atoms with van der Waals surface area (Å²) in [6.07, 6.45) is 1.55. The quantitative estimate of drug-likeness (QED) is 0.569. The van der Waals surface area contributed by atoms with Crippen molar-refractivity contribution in [2.75, 3.05) is 5.43 Å². The molecule has 0 fully saturated rings. The predicted octanol–water partition coefficient (Wildman–Crippen LogP) is 3.85. The van der Waals surface area contributed by atoms with Crippen LogP contribution in [0.25, 0.3) is 10.2 Å². The Bertz CT molecular complexity index is 852. The topological polar surface area (TPSA) is 70.4 Å². The second-order valence-corrected chi connectivity index (χ2v) is 6.24. The Morgan fingerprint density at radius 2 is 1.91 bits per heavy atom. The number of hydrogen-bond donors (Lipinski definition) is 2. The van der Waals surface area contributed by atoms with E-state index in [9.17, 15) is 5.11 Å². The van der Waals surface area contributed by atoms with Crippen LogP contribution in [0.5, 0.6) is 5.75 Å². The van der Waals surface area contributed by atoms with Gasteiger partial charge in [-0.2, -0.15) is 5.10 Å². The largest absolute Gasteiger partial charge is 0.508 e. The SMILES string of the molecule is C/C(=N\Nc1ncnc2sc(C)c(C)c12)c1ccc(O)cc1. The number of nitrogens with zero attached hydrogens (tertiary/aromatic N) is 3. The summed E-state index contributed by atoms with van der Waals surface area (Å²) in [6, 6.07) is 6.93. The summed E-state index contributed by atoms with van der Waals surface area (Å²) in [7, 11) is 0. The Kier molecular flexibility index (Phi) is 3.77. The van der Waals surface area contributed by atoms with Crippen molar-refractivity contribution >= 4 is 33.1 Å². The molecule has 2 aromatic heterocycles. The first kappa shape index (κ1) is 14.5. The normalized spacial score (nSPS) is 11.9. The van der Waals surface area contributed by atoms with Crippen molar-refractivity contribution in [2.24, 2.45) is 5.10 Å². The molecule has 0 aliphatic heterocycles. The van der Waals surface area contributed by atoms with Gasteiger partial charge in [0.1, 0.15) is 16.9 Å². The second-order valence-electron chi connectivity index (χ2n) is 5.04.